The Hall–Kier alpha value is -3.95. The first-order valence-electron chi connectivity index (χ1n) is 12.1. The molecule has 42 heavy (non-hydrogen) atoms. The lowest BCUT2D eigenvalue weighted by molar-refractivity contribution is -0.193. The minimum atomic E-state index is -5.08. The van der Waals surface area contributed by atoms with Gasteiger partial charge in [-0.15, -0.1) is 0 Å². The molecule has 0 saturated carbocycles. The van der Waals surface area contributed by atoms with E-state index in [0.717, 1.165) is 43.9 Å². The Labute approximate surface area is 239 Å². The molecule has 1 aliphatic heterocycles. The highest BCUT2D eigenvalue weighted by atomic mass is 35.5. The van der Waals surface area contributed by atoms with Gasteiger partial charge in [0.25, 0.3) is 5.56 Å². The third kappa shape index (κ3) is 11.5. The van der Waals surface area contributed by atoms with Crippen molar-refractivity contribution in [2.45, 2.75) is 25.3 Å². The van der Waals surface area contributed by atoms with Crippen molar-refractivity contribution in [1.29, 1.82) is 0 Å². The van der Waals surface area contributed by atoms with E-state index < -0.39 is 24.3 Å². The van der Waals surface area contributed by atoms with E-state index in [0.29, 0.717) is 16.5 Å². The molecule has 9 nitrogen and oxygen atoms in total. The number of H-pyrrole nitrogens is 1. The van der Waals surface area contributed by atoms with Crippen molar-refractivity contribution >= 4 is 23.5 Å². The van der Waals surface area contributed by atoms with Crippen LogP contribution in [-0.2, 0) is 16.1 Å². The number of benzene rings is 2. The molecule has 3 aromatic rings. The summed E-state index contributed by atoms with van der Waals surface area (Å²) in [5.74, 6) is -4.96. The number of aromatic amines is 1. The second-order valence-electron chi connectivity index (χ2n) is 8.64. The molecule has 0 radical (unpaired) electrons. The lowest BCUT2D eigenvalue weighted by Crippen LogP contribution is -2.27. The molecule has 1 aliphatic rings. The van der Waals surface area contributed by atoms with Crippen molar-refractivity contribution in [2.75, 3.05) is 26.2 Å². The topological polar surface area (TPSA) is 136 Å². The summed E-state index contributed by atoms with van der Waals surface area (Å²) >= 11 is 6.27. The average Bonchev–Trinajstić information content (AvgIpc) is 3.17. The molecular formula is C26H25ClF6N4O5. The van der Waals surface area contributed by atoms with E-state index in [4.69, 9.17) is 31.4 Å². The number of carboxylic acids is 2. The number of hydrogen-bond donors (Lipinski definition) is 4. The quantitative estimate of drug-likeness (QED) is 0.304. The van der Waals surface area contributed by atoms with Gasteiger partial charge >= 0.3 is 24.3 Å². The summed E-state index contributed by atoms with van der Waals surface area (Å²) in [6.45, 7) is 5.25. The minimum Gasteiger partial charge on any atom is -0.475 e. The van der Waals surface area contributed by atoms with Gasteiger partial charge in [0, 0.05) is 41.9 Å². The maximum absolute atomic E-state index is 12.2. The Morgan fingerprint density at radius 3 is 2.02 bits per heavy atom. The van der Waals surface area contributed by atoms with Crippen LogP contribution in [0.5, 0.6) is 0 Å². The van der Waals surface area contributed by atoms with Crippen LogP contribution in [-0.4, -0.2) is 75.6 Å². The number of alkyl halides is 6. The van der Waals surface area contributed by atoms with Crippen molar-refractivity contribution in [1.82, 2.24) is 20.2 Å². The largest absolute Gasteiger partial charge is 0.490 e. The molecule has 2 heterocycles. The van der Waals surface area contributed by atoms with Crippen LogP contribution in [0.25, 0.3) is 22.6 Å². The van der Waals surface area contributed by atoms with Crippen molar-refractivity contribution in [3.8, 4) is 22.6 Å². The van der Waals surface area contributed by atoms with Gasteiger partial charge in [0.1, 0.15) is 5.82 Å². The average molecular weight is 623 g/mol. The highest BCUT2D eigenvalue weighted by Crippen LogP contribution is 2.26. The SMILES string of the molecule is O=C(O)C(F)(F)F.O=C(O)C(F)(F)F.O=c1cc(-c2ccccc2Cl)nc(-c2ccc(CN3CCCNCC3)cc2)[nH]1. The molecule has 1 aromatic heterocycles. The van der Waals surface area contributed by atoms with Gasteiger partial charge in [-0.05, 0) is 31.1 Å². The third-order valence-electron chi connectivity index (χ3n) is 5.44. The van der Waals surface area contributed by atoms with Crippen LogP contribution < -0.4 is 10.9 Å². The lowest BCUT2D eigenvalue weighted by Gasteiger charge is -2.19. The Kier molecular flexibility index (Phi) is 12.5. The zero-order valence-corrected chi connectivity index (χ0v) is 22.4. The van der Waals surface area contributed by atoms with Crippen molar-refractivity contribution < 1.29 is 46.1 Å². The summed E-state index contributed by atoms with van der Waals surface area (Å²) in [4.78, 5) is 39.9. The predicted octanol–water partition coefficient (Wildman–Crippen LogP) is 4.82. The van der Waals surface area contributed by atoms with E-state index in [1.54, 1.807) is 6.07 Å². The van der Waals surface area contributed by atoms with E-state index in [1.807, 2.05) is 30.3 Å². The Bertz CT molecular complexity index is 1370. The van der Waals surface area contributed by atoms with E-state index in [2.05, 4.69) is 32.3 Å². The molecule has 0 bridgehead atoms. The summed E-state index contributed by atoms with van der Waals surface area (Å²) in [6, 6.07) is 17.1. The monoisotopic (exact) mass is 622 g/mol. The number of nitrogens with one attached hydrogen (secondary N) is 2. The van der Waals surface area contributed by atoms with Crippen LogP contribution in [0.1, 0.15) is 12.0 Å². The van der Waals surface area contributed by atoms with E-state index in [9.17, 15) is 31.1 Å². The fourth-order valence-electron chi connectivity index (χ4n) is 3.49. The molecule has 228 valence electrons. The van der Waals surface area contributed by atoms with E-state index in [1.165, 1.54) is 18.1 Å². The maximum Gasteiger partial charge on any atom is 0.490 e. The first kappa shape index (κ1) is 34.3. The summed E-state index contributed by atoms with van der Waals surface area (Å²) in [6.07, 6.45) is -8.99. The predicted molar refractivity (Wildman–Crippen MR) is 141 cm³/mol. The standard InChI is InChI=1S/C22H23ClN4O.2C2HF3O2/c23-19-5-2-1-4-18(19)20-14-21(28)26-22(25-20)17-8-6-16(7-9-17)15-27-12-3-10-24-11-13-27;2*3-2(4,5)1(6)7/h1-2,4-9,14,24H,3,10-13,15H2,(H,25,26,28);2*(H,6,7). The van der Waals surface area contributed by atoms with Crippen LogP contribution in [0.3, 0.4) is 0 Å². The summed E-state index contributed by atoms with van der Waals surface area (Å²) in [5, 5.41) is 18.3. The fourth-order valence-corrected chi connectivity index (χ4v) is 3.72. The second-order valence-corrected chi connectivity index (χ2v) is 9.05. The smallest absolute Gasteiger partial charge is 0.475 e. The zero-order valence-electron chi connectivity index (χ0n) is 21.6. The molecule has 1 saturated heterocycles. The van der Waals surface area contributed by atoms with Gasteiger partial charge in [0.15, 0.2) is 0 Å². The lowest BCUT2D eigenvalue weighted by atomic mass is 10.1. The highest BCUT2D eigenvalue weighted by molar-refractivity contribution is 6.33. The molecule has 0 aliphatic carbocycles. The molecule has 4 rings (SSSR count). The van der Waals surface area contributed by atoms with Gasteiger partial charge in [-0.2, -0.15) is 26.3 Å². The molecule has 2 aromatic carbocycles. The maximum atomic E-state index is 12.2. The molecule has 0 unspecified atom stereocenters. The van der Waals surface area contributed by atoms with Gasteiger partial charge in [0.05, 0.1) is 5.69 Å². The Morgan fingerprint density at radius 1 is 0.905 bits per heavy atom. The Morgan fingerprint density at radius 2 is 1.48 bits per heavy atom. The zero-order chi connectivity index (χ0) is 31.5. The number of aromatic nitrogens is 2. The van der Waals surface area contributed by atoms with Crippen molar-refractivity contribution in [3.05, 3.63) is 75.5 Å². The van der Waals surface area contributed by atoms with E-state index >= 15 is 0 Å². The van der Waals surface area contributed by atoms with Crippen LogP contribution >= 0.6 is 11.6 Å². The van der Waals surface area contributed by atoms with Gasteiger partial charge in [-0.1, -0.05) is 54.1 Å². The number of carboxylic acid groups (broad SMARTS) is 2. The molecule has 16 heteroatoms. The van der Waals surface area contributed by atoms with Crippen LogP contribution in [0.4, 0.5) is 26.3 Å². The number of aliphatic carboxylic acids is 2. The molecule has 0 atom stereocenters. The molecular weight excluding hydrogens is 598 g/mol. The summed E-state index contributed by atoms with van der Waals surface area (Å²) in [7, 11) is 0. The number of carbonyl (C=O) groups is 2. The molecule has 0 amide bonds. The minimum absolute atomic E-state index is 0.193. The van der Waals surface area contributed by atoms with Crippen molar-refractivity contribution in [3.63, 3.8) is 0 Å². The summed E-state index contributed by atoms with van der Waals surface area (Å²) in [5.41, 5.74) is 3.28. The number of rotatable bonds is 4. The highest BCUT2D eigenvalue weighted by Gasteiger charge is 2.38. The molecule has 1 fully saturated rings. The van der Waals surface area contributed by atoms with Crippen LogP contribution in [0, 0.1) is 0 Å². The molecule has 4 N–H and O–H groups in total. The van der Waals surface area contributed by atoms with Gasteiger partial charge in [-0.3, -0.25) is 9.69 Å². The van der Waals surface area contributed by atoms with E-state index in [-0.39, 0.29) is 5.56 Å². The third-order valence-corrected chi connectivity index (χ3v) is 5.77. The van der Waals surface area contributed by atoms with Gasteiger partial charge < -0.3 is 20.5 Å². The van der Waals surface area contributed by atoms with Gasteiger partial charge in [0.2, 0.25) is 0 Å². The number of halogens is 7. The number of hydrogen-bond acceptors (Lipinski definition) is 6. The van der Waals surface area contributed by atoms with Crippen LogP contribution in [0.15, 0.2) is 59.4 Å². The summed E-state index contributed by atoms with van der Waals surface area (Å²) < 4.78 is 63.5. The van der Waals surface area contributed by atoms with Gasteiger partial charge in [-0.25, -0.2) is 14.6 Å². The normalized spacial score (nSPS) is 14.0. The first-order valence-corrected chi connectivity index (χ1v) is 12.4. The molecule has 0 spiro atoms. The second kappa shape index (κ2) is 15.3. The fraction of sp³-hybridized carbons (Fsp3) is 0.308. The first-order chi connectivity index (χ1) is 19.6. The Balaban J connectivity index is 0.000000367. The van der Waals surface area contributed by atoms with Crippen LogP contribution in [0.2, 0.25) is 5.02 Å². The van der Waals surface area contributed by atoms with Crippen molar-refractivity contribution in [2.24, 2.45) is 0 Å². The number of nitrogens with zero attached hydrogens (tertiary/aromatic N) is 2.